The standard InChI is InChI=1S/C16H27N3OS.HI/c1-13(2)12-21-10-6-9-18-16(17)19-15-8-5-4-7-14(15)11-20-3;/h4-5,7-8,13H,6,9-12H2,1-3H3,(H3,17,18,19);1H. The highest BCUT2D eigenvalue weighted by Gasteiger charge is 2.02. The number of methoxy groups -OCH3 is 1. The number of nitrogens with two attached hydrogens (primary N) is 1. The van der Waals surface area contributed by atoms with Crippen LogP contribution in [-0.2, 0) is 11.3 Å². The number of guanidine groups is 1. The minimum absolute atomic E-state index is 0. The zero-order chi connectivity index (χ0) is 15.5. The van der Waals surface area contributed by atoms with Crippen LogP contribution in [0, 0.1) is 5.92 Å². The van der Waals surface area contributed by atoms with E-state index in [1.807, 2.05) is 36.0 Å². The van der Waals surface area contributed by atoms with Crippen LogP contribution in [0.5, 0.6) is 0 Å². The van der Waals surface area contributed by atoms with E-state index in [1.54, 1.807) is 7.11 Å². The third kappa shape index (κ3) is 9.53. The first-order chi connectivity index (χ1) is 10.1. The second-order valence-electron chi connectivity index (χ2n) is 5.30. The summed E-state index contributed by atoms with van der Waals surface area (Å²) in [5, 5.41) is 3.15. The smallest absolute Gasteiger partial charge is 0.193 e. The minimum Gasteiger partial charge on any atom is -0.380 e. The predicted molar refractivity (Wildman–Crippen MR) is 109 cm³/mol. The molecule has 0 aliphatic rings. The molecule has 1 aromatic carbocycles. The molecule has 0 atom stereocenters. The Morgan fingerprint density at radius 1 is 1.36 bits per heavy atom. The van der Waals surface area contributed by atoms with E-state index in [-0.39, 0.29) is 24.0 Å². The molecular weight excluding hydrogens is 409 g/mol. The summed E-state index contributed by atoms with van der Waals surface area (Å²) in [6, 6.07) is 7.95. The lowest BCUT2D eigenvalue weighted by atomic mass is 10.2. The van der Waals surface area contributed by atoms with Crippen molar-refractivity contribution in [2.45, 2.75) is 26.9 Å². The maximum absolute atomic E-state index is 5.93. The fraction of sp³-hybridized carbons (Fsp3) is 0.562. The van der Waals surface area contributed by atoms with Crippen molar-refractivity contribution in [2.75, 3.05) is 30.5 Å². The molecule has 0 unspecified atom stereocenters. The summed E-state index contributed by atoms with van der Waals surface area (Å²) in [6.45, 7) is 5.80. The zero-order valence-electron chi connectivity index (χ0n) is 13.7. The van der Waals surface area contributed by atoms with E-state index in [0.29, 0.717) is 12.6 Å². The van der Waals surface area contributed by atoms with E-state index in [1.165, 1.54) is 5.75 Å². The third-order valence-electron chi connectivity index (χ3n) is 2.76. The van der Waals surface area contributed by atoms with Crippen LogP contribution in [0.2, 0.25) is 0 Å². The molecule has 0 amide bonds. The van der Waals surface area contributed by atoms with Crippen LogP contribution in [-0.4, -0.2) is 31.1 Å². The fourth-order valence-electron chi connectivity index (χ4n) is 1.79. The van der Waals surface area contributed by atoms with E-state index in [2.05, 4.69) is 24.2 Å². The molecule has 0 radical (unpaired) electrons. The van der Waals surface area contributed by atoms with Gasteiger partial charge in [0.25, 0.3) is 0 Å². The van der Waals surface area contributed by atoms with Crippen molar-refractivity contribution in [1.82, 2.24) is 0 Å². The molecule has 0 saturated carbocycles. The highest BCUT2D eigenvalue weighted by molar-refractivity contribution is 14.0. The van der Waals surface area contributed by atoms with E-state index in [4.69, 9.17) is 10.5 Å². The molecular formula is C16H28IN3OS. The summed E-state index contributed by atoms with van der Waals surface area (Å²) >= 11 is 1.98. The van der Waals surface area contributed by atoms with Gasteiger partial charge in [0, 0.05) is 24.9 Å². The number of ether oxygens (including phenoxy) is 1. The van der Waals surface area contributed by atoms with Gasteiger partial charge >= 0.3 is 0 Å². The lowest BCUT2D eigenvalue weighted by Gasteiger charge is -2.10. The maximum Gasteiger partial charge on any atom is 0.193 e. The van der Waals surface area contributed by atoms with Gasteiger partial charge < -0.3 is 15.8 Å². The number of halogens is 1. The molecule has 1 aromatic rings. The Kier molecular flexibility index (Phi) is 12.7. The maximum atomic E-state index is 5.93. The molecule has 3 N–H and O–H groups in total. The van der Waals surface area contributed by atoms with Gasteiger partial charge in [-0.2, -0.15) is 11.8 Å². The van der Waals surface area contributed by atoms with Crippen LogP contribution in [0.4, 0.5) is 5.69 Å². The average molecular weight is 437 g/mol. The molecule has 0 aromatic heterocycles. The van der Waals surface area contributed by atoms with Gasteiger partial charge in [-0.15, -0.1) is 24.0 Å². The van der Waals surface area contributed by atoms with Crippen LogP contribution < -0.4 is 11.1 Å². The Hall–Kier alpha value is -0.470. The van der Waals surface area contributed by atoms with Crippen molar-refractivity contribution in [3.8, 4) is 0 Å². The molecule has 0 heterocycles. The van der Waals surface area contributed by atoms with Gasteiger partial charge in [-0.05, 0) is 29.9 Å². The summed E-state index contributed by atoms with van der Waals surface area (Å²) in [6.07, 6.45) is 1.06. The van der Waals surface area contributed by atoms with Crippen LogP contribution >= 0.6 is 35.7 Å². The van der Waals surface area contributed by atoms with Crippen LogP contribution in [0.3, 0.4) is 0 Å². The highest BCUT2D eigenvalue weighted by Crippen LogP contribution is 2.15. The lowest BCUT2D eigenvalue weighted by molar-refractivity contribution is 0.185. The lowest BCUT2D eigenvalue weighted by Crippen LogP contribution is -2.23. The Labute approximate surface area is 155 Å². The number of para-hydroxylation sites is 1. The van der Waals surface area contributed by atoms with Gasteiger partial charge in [0.15, 0.2) is 5.96 Å². The van der Waals surface area contributed by atoms with Gasteiger partial charge in [-0.3, -0.25) is 4.99 Å². The topological polar surface area (TPSA) is 59.6 Å². The van der Waals surface area contributed by atoms with Crippen molar-refractivity contribution >= 4 is 47.4 Å². The molecule has 0 spiro atoms. The SMILES string of the molecule is COCc1ccccc1NC(N)=NCCCSCC(C)C.I. The van der Waals surface area contributed by atoms with Crippen molar-refractivity contribution in [3.63, 3.8) is 0 Å². The van der Waals surface area contributed by atoms with Gasteiger partial charge in [0.05, 0.1) is 6.61 Å². The third-order valence-corrected chi connectivity index (χ3v) is 4.24. The van der Waals surface area contributed by atoms with Crippen molar-refractivity contribution in [1.29, 1.82) is 0 Å². The first kappa shape index (κ1) is 21.5. The number of hydrogen-bond donors (Lipinski definition) is 2. The molecule has 0 bridgehead atoms. The molecule has 1 rings (SSSR count). The van der Waals surface area contributed by atoms with Crippen molar-refractivity contribution in [3.05, 3.63) is 29.8 Å². The Morgan fingerprint density at radius 2 is 2.09 bits per heavy atom. The zero-order valence-corrected chi connectivity index (χ0v) is 16.8. The molecule has 0 fully saturated rings. The van der Waals surface area contributed by atoms with E-state index < -0.39 is 0 Å². The number of nitrogens with one attached hydrogen (secondary N) is 1. The number of hydrogen-bond acceptors (Lipinski definition) is 3. The monoisotopic (exact) mass is 437 g/mol. The predicted octanol–water partition coefficient (Wildman–Crippen LogP) is 3.96. The van der Waals surface area contributed by atoms with Crippen LogP contribution in [0.25, 0.3) is 0 Å². The summed E-state index contributed by atoms with van der Waals surface area (Å²) < 4.78 is 5.17. The summed E-state index contributed by atoms with van der Waals surface area (Å²) in [5.74, 6) is 3.56. The number of aliphatic imine (C=N–C) groups is 1. The molecule has 126 valence electrons. The highest BCUT2D eigenvalue weighted by atomic mass is 127. The number of anilines is 1. The second kappa shape index (κ2) is 13.0. The van der Waals surface area contributed by atoms with E-state index in [9.17, 15) is 0 Å². The number of benzene rings is 1. The van der Waals surface area contributed by atoms with Crippen molar-refractivity contribution < 1.29 is 4.74 Å². The first-order valence-electron chi connectivity index (χ1n) is 7.35. The van der Waals surface area contributed by atoms with Crippen molar-refractivity contribution in [2.24, 2.45) is 16.6 Å². The summed E-state index contributed by atoms with van der Waals surface area (Å²) in [5.41, 5.74) is 7.95. The number of nitrogens with zero attached hydrogens (tertiary/aromatic N) is 1. The fourth-order valence-corrected chi connectivity index (χ4v) is 2.76. The quantitative estimate of drug-likeness (QED) is 0.266. The molecule has 4 nitrogen and oxygen atoms in total. The number of rotatable bonds is 9. The second-order valence-corrected chi connectivity index (χ2v) is 6.45. The van der Waals surface area contributed by atoms with Crippen LogP contribution in [0.15, 0.2) is 29.3 Å². The normalized spacial score (nSPS) is 11.4. The molecule has 0 saturated heterocycles. The average Bonchev–Trinajstić information content (AvgIpc) is 2.45. The first-order valence-corrected chi connectivity index (χ1v) is 8.50. The Balaban J connectivity index is 0.00000441. The van der Waals surface area contributed by atoms with Gasteiger partial charge in [0.2, 0.25) is 0 Å². The van der Waals surface area contributed by atoms with Gasteiger partial charge in [0.1, 0.15) is 0 Å². The Bertz CT molecular complexity index is 441. The molecule has 22 heavy (non-hydrogen) atoms. The summed E-state index contributed by atoms with van der Waals surface area (Å²) in [4.78, 5) is 4.37. The summed E-state index contributed by atoms with van der Waals surface area (Å²) in [7, 11) is 1.68. The molecule has 0 aliphatic heterocycles. The largest absolute Gasteiger partial charge is 0.380 e. The molecule has 0 aliphatic carbocycles. The molecule has 6 heteroatoms. The van der Waals surface area contributed by atoms with Crippen LogP contribution in [0.1, 0.15) is 25.8 Å². The van der Waals surface area contributed by atoms with E-state index >= 15 is 0 Å². The van der Waals surface area contributed by atoms with E-state index in [0.717, 1.165) is 35.9 Å². The Morgan fingerprint density at radius 3 is 2.77 bits per heavy atom. The minimum atomic E-state index is 0. The van der Waals surface area contributed by atoms with Gasteiger partial charge in [-0.1, -0.05) is 32.0 Å². The van der Waals surface area contributed by atoms with Gasteiger partial charge in [-0.25, -0.2) is 0 Å². The number of thioether (sulfide) groups is 1.